The van der Waals surface area contributed by atoms with Gasteiger partial charge in [-0.2, -0.15) is 4.39 Å². The molecule has 1 fully saturated rings. The molecule has 6 rings (SSSR count). The maximum Gasteiger partial charge on any atom is 0.340 e. The number of benzene rings is 2. The Morgan fingerprint density at radius 1 is 1.09 bits per heavy atom. The van der Waals surface area contributed by atoms with Crippen LogP contribution in [0.1, 0.15) is 34.9 Å². The van der Waals surface area contributed by atoms with E-state index < -0.39 is 17.7 Å². The highest BCUT2D eigenvalue weighted by Gasteiger charge is 2.32. The summed E-state index contributed by atoms with van der Waals surface area (Å²) in [7, 11) is 1.27. The van der Waals surface area contributed by atoms with E-state index in [4.69, 9.17) is 21.3 Å². The van der Waals surface area contributed by atoms with Crippen molar-refractivity contribution in [2.45, 2.75) is 18.8 Å². The van der Waals surface area contributed by atoms with Crippen LogP contribution in [-0.2, 0) is 4.74 Å². The van der Waals surface area contributed by atoms with Gasteiger partial charge in [0.25, 0.3) is 0 Å². The molecule has 0 atom stereocenters. The lowest BCUT2D eigenvalue weighted by molar-refractivity contribution is 0.0603. The number of carbonyl (C=O) groups is 1. The quantitative estimate of drug-likeness (QED) is 0.220. The van der Waals surface area contributed by atoms with Crippen molar-refractivity contribution in [2.24, 2.45) is 0 Å². The van der Waals surface area contributed by atoms with Crippen LogP contribution < -0.4 is 0 Å². The molecule has 0 radical (unpaired) electrons. The SMILES string of the molecule is COC(=O)c1cc(-c2ccnc(F)c2F)cc2c1nc(C1CC1)n2-c1ccnc2c(Cl)cccc12. The zero-order chi connectivity index (χ0) is 24.3. The predicted molar refractivity (Wildman–Crippen MR) is 128 cm³/mol. The van der Waals surface area contributed by atoms with Crippen molar-refractivity contribution in [2.75, 3.05) is 7.11 Å². The average molecular weight is 491 g/mol. The predicted octanol–water partition coefficient (Wildman–Crippen LogP) is 6.23. The molecule has 0 bridgehead atoms. The summed E-state index contributed by atoms with van der Waals surface area (Å²) in [4.78, 5) is 25.4. The Balaban J connectivity index is 1.74. The van der Waals surface area contributed by atoms with Crippen LogP contribution in [0.15, 0.2) is 54.9 Å². The maximum atomic E-state index is 14.7. The van der Waals surface area contributed by atoms with E-state index in [0.29, 0.717) is 27.1 Å². The zero-order valence-electron chi connectivity index (χ0n) is 18.4. The number of nitrogens with zero attached hydrogens (tertiary/aromatic N) is 4. The molecule has 1 aliphatic rings. The number of ether oxygens (including phenoxy) is 1. The number of esters is 1. The minimum Gasteiger partial charge on any atom is -0.465 e. The van der Waals surface area contributed by atoms with Gasteiger partial charge in [-0.25, -0.2) is 19.2 Å². The van der Waals surface area contributed by atoms with Crippen molar-refractivity contribution in [1.82, 2.24) is 19.5 Å². The number of rotatable bonds is 4. The van der Waals surface area contributed by atoms with Crippen molar-refractivity contribution >= 4 is 39.5 Å². The third-order valence-electron chi connectivity index (χ3n) is 6.23. The van der Waals surface area contributed by atoms with Crippen LogP contribution in [0.5, 0.6) is 0 Å². The van der Waals surface area contributed by atoms with E-state index in [0.717, 1.165) is 29.7 Å². The molecule has 0 N–H and O–H groups in total. The molecular formula is C26H17ClF2N4O2. The number of hydrogen-bond donors (Lipinski definition) is 0. The first kappa shape index (κ1) is 21.6. The molecule has 5 aromatic rings. The van der Waals surface area contributed by atoms with Crippen LogP contribution in [0.2, 0.25) is 5.02 Å². The van der Waals surface area contributed by atoms with Gasteiger partial charge in [0, 0.05) is 29.3 Å². The summed E-state index contributed by atoms with van der Waals surface area (Å²) in [5.74, 6) is -1.96. The third kappa shape index (κ3) is 3.44. The minimum absolute atomic E-state index is 0.0205. The fourth-order valence-corrected chi connectivity index (χ4v) is 4.67. The highest BCUT2D eigenvalue weighted by Crippen LogP contribution is 2.44. The van der Waals surface area contributed by atoms with Crippen LogP contribution in [0.4, 0.5) is 8.78 Å². The molecule has 1 saturated carbocycles. The molecule has 6 nitrogen and oxygen atoms in total. The Hall–Kier alpha value is -3.91. The maximum absolute atomic E-state index is 14.7. The first-order valence-corrected chi connectivity index (χ1v) is 11.3. The molecule has 3 aromatic heterocycles. The number of imidazole rings is 1. The van der Waals surface area contributed by atoms with Crippen LogP contribution >= 0.6 is 11.6 Å². The molecule has 0 spiro atoms. The fraction of sp³-hybridized carbons (Fsp3) is 0.154. The van der Waals surface area contributed by atoms with Gasteiger partial charge in [0.05, 0.1) is 34.4 Å². The zero-order valence-corrected chi connectivity index (χ0v) is 19.2. The van der Waals surface area contributed by atoms with Crippen LogP contribution in [0.3, 0.4) is 0 Å². The second-order valence-electron chi connectivity index (χ2n) is 8.39. The Morgan fingerprint density at radius 2 is 1.89 bits per heavy atom. The van der Waals surface area contributed by atoms with Crippen molar-refractivity contribution in [3.8, 4) is 16.8 Å². The van der Waals surface area contributed by atoms with E-state index in [2.05, 4.69) is 9.97 Å². The van der Waals surface area contributed by atoms with E-state index in [1.807, 2.05) is 22.8 Å². The number of para-hydroxylation sites is 1. The summed E-state index contributed by atoms with van der Waals surface area (Å²) in [6.07, 6.45) is 4.76. The molecule has 3 heterocycles. The Kier molecular flexibility index (Phi) is 5.00. The van der Waals surface area contributed by atoms with Crippen molar-refractivity contribution in [1.29, 1.82) is 0 Å². The van der Waals surface area contributed by atoms with E-state index >= 15 is 0 Å². The van der Waals surface area contributed by atoms with Gasteiger partial charge < -0.3 is 4.74 Å². The number of carbonyl (C=O) groups excluding carboxylic acids is 1. The van der Waals surface area contributed by atoms with Gasteiger partial charge in [-0.15, -0.1) is 0 Å². The molecule has 35 heavy (non-hydrogen) atoms. The van der Waals surface area contributed by atoms with Crippen molar-refractivity contribution < 1.29 is 18.3 Å². The van der Waals surface area contributed by atoms with Gasteiger partial charge in [-0.3, -0.25) is 9.55 Å². The number of pyridine rings is 2. The molecule has 0 saturated heterocycles. The monoisotopic (exact) mass is 490 g/mol. The van der Waals surface area contributed by atoms with Gasteiger partial charge >= 0.3 is 5.97 Å². The highest BCUT2D eigenvalue weighted by molar-refractivity contribution is 6.35. The van der Waals surface area contributed by atoms with Gasteiger partial charge in [0.1, 0.15) is 11.3 Å². The van der Waals surface area contributed by atoms with Crippen molar-refractivity contribution in [3.05, 3.63) is 83.0 Å². The van der Waals surface area contributed by atoms with E-state index in [1.54, 1.807) is 18.3 Å². The van der Waals surface area contributed by atoms with Gasteiger partial charge in [-0.05, 0) is 48.7 Å². The Bertz CT molecular complexity index is 1660. The van der Waals surface area contributed by atoms with Gasteiger partial charge in [-0.1, -0.05) is 23.7 Å². The largest absolute Gasteiger partial charge is 0.465 e. The first-order chi connectivity index (χ1) is 17.0. The molecule has 2 aromatic carbocycles. The number of hydrogen-bond acceptors (Lipinski definition) is 5. The normalized spacial score (nSPS) is 13.5. The van der Waals surface area contributed by atoms with Crippen molar-refractivity contribution in [3.63, 3.8) is 0 Å². The van der Waals surface area contributed by atoms with Crippen LogP contribution in [-0.4, -0.2) is 32.6 Å². The summed E-state index contributed by atoms with van der Waals surface area (Å²) in [5, 5.41) is 1.30. The first-order valence-electron chi connectivity index (χ1n) is 11.0. The molecule has 174 valence electrons. The molecule has 1 aliphatic carbocycles. The number of halogens is 3. The molecule has 9 heteroatoms. The fourth-order valence-electron chi connectivity index (χ4n) is 4.45. The molecule has 0 amide bonds. The lowest BCUT2D eigenvalue weighted by Gasteiger charge is -2.13. The van der Waals surface area contributed by atoms with Crippen LogP contribution in [0, 0.1) is 11.8 Å². The molecular weight excluding hydrogens is 474 g/mol. The summed E-state index contributed by atoms with van der Waals surface area (Å²) in [6, 6.07) is 11.9. The summed E-state index contributed by atoms with van der Waals surface area (Å²) < 4.78 is 35.7. The second kappa shape index (κ2) is 8.09. The minimum atomic E-state index is -1.22. The molecule has 0 aliphatic heterocycles. The standard InChI is InChI=1S/C26H17ClF2N4O2/c1-35-26(34)17-11-14(15-7-9-31-24(29)21(15)28)12-20-23(17)32-25(13-5-6-13)33(20)19-8-10-30-22-16(19)3-2-4-18(22)27/h2-4,7-13H,5-6H2,1H3. The summed E-state index contributed by atoms with van der Waals surface area (Å²) in [6.45, 7) is 0. The smallest absolute Gasteiger partial charge is 0.340 e. The topological polar surface area (TPSA) is 69.9 Å². The number of methoxy groups -OCH3 is 1. The number of fused-ring (bicyclic) bond motifs is 2. The summed E-state index contributed by atoms with van der Waals surface area (Å²) in [5.41, 5.74) is 2.83. The van der Waals surface area contributed by atoms with E-state index in [9.17, 15) is 13.6 Å². The summed E-state index contributed by atoms with van der Waals surface area (Å²) >= 11 is 6.41. The third-order valence-corrected chi connectivity index (χ3v) is 6.54. The Morgan fingerprint density at radius 3 is 2.66 bits per heavy atom. The molecule has 0 unspecified atom stereocenters. The lowest BCUT2D eigenvalue weighted by Crippen LogP contribution is -2.04. The second-order valence-corrected chi connectivity index (χ2v) is 8.80. The van der Waals surface area contributed by atoms with Gasteiger partial charge in [0.2, 0.25) is 5.95 Å². The Labute approximate surface area is 203 Å². The van der Waals surface area contributed by atoms with E-state index in [-0.39, 0.29) is 17.0 Å². The van der Waals surface area contributed by atoms with Crippen LogP contribution in [0.25, 0.3) is 38.8 Å². The van der Waals surface area contributed by atoms with Gasteiger partial charge in [0.15, 0.2) is 5.82 Å². The lowest BCUT2D eigenvalue weighted by atomic mass is 10.0. The average Bonchev–Trinajstić information content (AvgIpc) is 3.65. The highest BCUT2D eigenvalue weighted by atomic mass is 35.5. The van der Waals surface area contributed by atoms with E-state index in [1.165, 1.54) is 25.4 Å². The number of aromatic nitrogens is 4.